The normalized spacial score (nSPS) is 13.8. The second-order valence-electron chi connectivity index (χ2n) is 6.44. The molecule has 1 aliphatic heterocycles. The van der Waals surface area contributed by atoms with E-state index < -0.39 is 0 Å². The summed E-state index contributed by atoms with van der Waals surface area (Å²) in [5, 5.41) is 4.75. The maximum atomic E-state index is 12.3. The number of anilines is 1. The molecule has 2 aromatic heterocycles. The average Bonchev–Trinajstić information content (AvgIpc) is 3.40. The summed E-state index contributed by atoms with van der Waals surface area (Å²) < 4.78 is 6.16. The largest absolute Gasteiger partial charge is 0.497 e. The molecule has 9 heteroatoms. The number of thiazole rings is 1. The molecule has 1 N–H and O–H groups in total. The van der Waals surface area contributed by atoms with E-state index in [1.165, 1.54) is 30.9 Å². The van der Waals surface area contributed by atoms with Gasteiger partial charge in [0.25, 0.3) is 0 Å². The summed E-state index contributed by atoms with van der Waals surface area (Å²) >= 11 is 3.03. The lowest BCUT2D eigenvalue weighted by Crippen LogP contribution is -2.24. The van der Waals surface area contributed by atoms with E-state index in [4.69, 9.17) is 4.74 Å². The van der Waals surface area contributed by atoms with E-state index in [1.807, 2.05) is 24.3 Å². The summed E-state index contributed by atoms with van der Waals surface area (Å²) in [4.78, 5) is 27.9. The number of amides is 1. The van der Waals surface area contributed by atoms with E-state index in [1.54, 1.807) is 18.4 Å². The van der Waals surface area contributed by atoms with Gasteiger partial charge < -0.3 is 15.0 Å². The summed E-state index contributed by atoms with van der Waals surface area (Å²) in [6.07, 6.45) is 3.93. The molecule has 3 aromatic rings. The minimum atomic E-state index is -0.0381. The number of methoxy groups -OCH3 is 1. The van der Waals surface area contributed by atoms with Crippen LogP contribution in [-0.4, -0.2) is 46.8 Å². The zero-order chi connectivity index (χ0) is 19.3. The molecule has 1 saturated heterocycles. The summed E-state index contributed by atoms with van der Waals surface area (Å²) in [5.74, 6) is 1.04. The number of rotatable bonds is 7. The van der Waals surface area contributed by atoms with E-state index in [-0.39, 0.29) is 5.91 Å². The first-order valence-electron chi connectivity index (χ1n) is 9.12. The van der Waals surface area contributed by atoms with Crippen LogP contribution in [0.3, 0.4) is 0 Å². The predicted molar refractivity (Wildman–Crippen MR) is 112 cm³/mol. The highest BCUT2D eigenvalue weighted by Crippen LogP contribution is 2.34. The van der Waals surface area contributed by atoms with Crippen LogP contribution in [0.1, 0.15) is 18.4 Å². The molecule has 1 aromatic carbocycles. The number of hydrogen-bond donors (Lipinski definition) is 1. The molecule has 0 spiro atoms. The topological polar surface area (TPSA) is 80.2 Å². The fraction of sp³-hybridized carbons (Fsp3) is 0.368. The zero-order valence-electron chi connectivity index (χ0n) is 15.6. The molecular formula is C19H21N5O2S2. The van der Waals surface area contributed by atoms with Gasteiger partial charge in [-0.05, 0) is 30.5 Å². The molecule has 1 fully saturated rings. The number of aromatic nitrogens is 3. The van der Waals surface area contributed by atoms with Gasteiger partial charge in [-0.2, -0.15) is 4.98 Å². The summed E-state index contributed by atoms with van der Waals surface area (Å²) in [5.41, 5.74) is 1.71. The van der Waals surface area contributed by atoms with Gasteiger partial charge in [0.15, 0.2) is 10.8 Å². The number of ether oxygens (including phenoxy) is 1. The Hall–Kier alpha value is -2.39. The van der Waals surface area contributed by atoms with Gasteiger partial charge in [-0.15, -0.1) is 0 Å². The third-order valence-corrected chi connectivity index (χ3v) is 6.72. The van der Waals surface area contributed by atoms with Crippen LogP contribution in [0.2, 0.25) is 0 Å². The van der Waals surface area contributed by atoms with Crippen LogP contribution in [0, 0.1) is 0 Å². The molecule has 0 radical (unpaired) electrons. The molecule has 0 aliphatic carbocycles. The van der Waals surface area contributed by atoms with Crippen molar-refractivity contribution in [2.24, 2.45) is 0 Å². The monoisotopic (exact) mass is 415 g/mol. The van der Waals surface area contributed by atoms with Crippen molar-refractivity contribution in [1.29, 1.82) is 0 Å². The fourth-order valence-corrected chi connectivity index (χ4v) is 5.01. The van der Waals surface area contributed by atoms with Gasteiger partial charge in [0, 0.05) is 19.6 Å². The van der Waals surface area contributed by atoms with Crippen LogP contribution < -0.4 is 15.0 Å². The first-order chi connectivity index (χ1) is 13.7. The minimum Gasteiger partial charge on any atom is -0.497 e. The first-order valence-corrected chi connectivity index (χ1v) is 10.9. The van der Waals surface area contributed by atoms with Crippen LogP contribution in [0.15, 0.2) is 35.6 Å². The van der Waals surface area contributed by atoms with Crippen molar-refractivity contribution < 1.29 is 9.53 Å². The minimum absolute atomic E-state index is 0.0381. The van der Waals surface area contributed by atoms with Crippen LogP contribution >= 0.6 is 23.1 Å². The van der Waals surface area contributed by atoms with E-state index in [9.17, 15) is 4.79 Å². The van der Waals surface area contributed by atoms with Crippen LogP contribution in [-0.2, 0) is 11.3 Å². The number of thioether (sulfide) groups is 1. The van der Waals surface area contributed by atoms with Crippen molar-refractivity contribution >= 4 is 44.5 Å². The quantitative estimate of drug-likeness (QED) is 0.469. The number of hydrogen-bond acceptors (Lipinski definition) is 8. The average molecular weight is 416 g/mol. The Bertz CT molecular complexity index is 972. The zero-order valence-corrected chi connectivity index (χ0v) is 17.2. The maximum Gasteiger partial charge on any atom is 0.230 e. The van der Waals surface area contributed by atoms with Crippen molar-refractivity contribution in [3.8, 4) is 5.75 Å². The van der Waals surface area contributed by atoms with Gasteiger partial charge in [-0.25, -0.2) is 9.97 Å². The predicted octanol–water partition coefficient (Wildman–Crippen LogP) is 3.10. The molecule has 0 bridgehead atoms. The Morgan fingerprint density at radius 2 is 2.18 bits per heavy atom. The Labute approximate surface area is 171 Å². The number of fused-ring (bicyclic) bond motifs is 1. The smallest absolute Gasteiger partial charge is 0.230 e. The second kappa shape index (κ2) is 8.74. The lowest BCUT2D eigenvalue weighted by Gasteiger charge is -2.11. The molecule has 1 aliphatic rings. The van der Waals surface area contributed by atoms with Gasteiger partial charge in [-0.3, -0.25) is 4.79 Å². The van der Waals surface area contributed by atoms with E-state index in [2.05, 4.69) is 25.2 Å². The van der Waals surface area contributed by atoms with Gasteiger partial charge in [0.05, 0.1) is 12.9 Å². The SMILES string of the molecule is COc1cccc(CNC(=O)CSc2ncnc3nc(N4CCCC4)sc23)c1. The van der Waals surface area contributed by atoms with Crippen LogP contribution in [0.4, 0.5) is 5.13 Å². The number of benzene rings is 1. The molecule has 4 rings (SSSR count). The van der Waals surface area contributed by atoms with E-state index in [0.717, 1.165) is 39.3 Å². The second-order valence-corrected chi connectivity index (χ2v) is 8.38. The molecule has 1 amide bonds. The van der Waals surface area contributed by atoms with Crippen molar-refractivity contribution in [3.05, 3.63) is 36.2 Å². The molecule has 146 valence electrons. The van der Waals surface area contributed by atoms with Crippen molar-refractivity contribution in [3.63, 3.8) is 0 Å². The van der Waals surface area contributed by atoms with Gasteiger partial charge in [-0.1, -0.05) is 35.2 Å². The van der Waals surface area contributed by atoms with Gasteiger partial charge in [0.1, 0.15) is 21.8 Å². The van der Waals surface area contributed by atoms with Crippen molar-refractivity contribution in [2.75, 3.05) is 30.9 Å². The molecular weight excluding hydrogens is 394 g/mol. The van der Waals surface area contributed by atoms with Crippen molar-refractivity contribution in [1.82, 2.24) is 20.3 Å². The molecule has 0 atom stereocenters. The molecule has 0 unspecified atom stereocenters. The lowest BCUT2D eigenvalue weighted by molar-refractivity contribution is -0.118. The summed E-state index contributed by atoms with van der Waals surface area (Å²) in [7, 11) is 1.63. The first kappa shape index (κ1) is 18.9. The summed E-state index contributed by atoms with van der Waals surface area (Å²) in [6, 6.07) is 7.67. The number of carbonyl (C=O) groups excluding carboxylic acids is 1. The van der Waals surface area contributed by atoms with Crippen LogP contribution in [0.5, 0.6) is 5.75 Å². The van der Waals surface area contributed by atoms with E-state index >= 15 is 0 Å². The molecule has 28 heavy (non-hydrogen) atoms. The number of nitrogens with one attached hydrogen (secondary N) is 1. The standard InChI is InChI=1S/C19H21N5O2S2/c1-26-14-6-4-5-13(9-14)10-20-15(25)11-27-18-16-17(21-12-22-18)23-19(28-16)24-7-2-3-8-24/h4-6,9,12H,2-3,7-8,10-11H2,1H3,(H,20,25). The Kier molecular flexibility index (Phi) is 5.92. The molecule has 3 heterocycles. The maximum absolute atomic E-state index is 12.3. The third-order valence-electron chi connectivity index (χ3n) is 4.49. The van der Waals surface area contributed by atoms with Crippen LogP contribution in [0.25, 0.3) is 10.3 Å². The number of nitrogens with zero attached hydrogens (tertiary/aromatic N) is 4. The molecule has 0 saturated carbocycles. The Morgan fingerprint density at radius 1 is 1.32 bits per heavy atom. The fourth-order valence-electron chi connectivity index (χ4n) is 3.04. The van der Waals surface area contributed by atoms with Crippen molar-refractivity contribution in [2.45, 2.75) is 24.4 Å². The number of carbonyl (C=O) groups is 1. The highest BCUT2D eigenvalue weighted by atomic mass is 32.2. The highest BCUT2D eigenvalue weighted by Gasteiger charge is 2.19. The van der Waals surface area contributed by atoms with Gasteiger partial charge in [0.2, 0.25) is 5.91 Å². The van der Waals surface area contributed by atoms with Gasteiger partial charge >= 0.3 is 0 Å². The lowest BCUT2D eigenvalue weighted by atomic mass is 10.2. The molecule has 7 nitrogen and oxygen atoms in total. The van der Waals surface area contributed by atoms with E-state index in [0.29, 0.717) is 17.9 Å². The Morgan fingerprint density at radius 3 is 3.00 bits per heavy atom. The third kappa shape index (κ3) is 4.36. The highest BCUT2D eigenvalue weighted by molar-refractivity contribution is 8.00. The summed E-state index contributed by atoms with van der Waals surface area (Å²) in [6.45, 7) is 2.56. The Balaban J connectivity index is 1.37.